The van der Waals surface area contributed by atoms with E-state index < -0.39 is 22.9 Å². The fourth-order valence-corrected chi connectivity index (χ4v) is 2.54. The highest BCUT2D eigenvalue weighted by Gasteiger charge is 2.55. The summed E-state index contributed by atoms with van der Waals surface area (Å²) in [4.78, 5) is 24.9. The van der Waals surface area contributed by atoms with Crippen molar-refractivity contribution in [3.63, 3.8) is 0 Å². The molecule has 1 atom stereocenters. The highest BCUT2D eigenvalue weighted by molar-refractivity contribution is 6.42. The van der Waals surface area contributed by atoms with Gasteiger partial charge in [-0.15, -0.1) is 0 Å². The first-order chi connectivity index (χ1) is 10.9. The van der Waals surface area contributed by atoms with Gasteiger partial charge >= 0.3 is 0 Å². The Hall–Kier alpha value is -3.12. The molecule has 0 saturated carbocycles. The van der Waals surface area contributed by atoms with Crippen LogP contribution in [-0.2, 0) is 15.2 Å². The number of aliphatic hydroxyl groups excluding tert-OH is 1. The number of hydrogen-bond donors (Lipinski definition) is 4. The zero-order valence-corrected chi connectivity index (χ0v) is 11.7. The summed E-state index contributed by atoms with van der Waals surface area (Å²) in [6.07, 6.45) is 0. The van der Waals surface area contributed by atoms with E-state index in [2.05, 4.69) is 0 Å². The summed E-state index contributed by atoms with van der Waals surface area (Å²) in [5.74, 6) is -3.06. The average molecular weight is 312 g/mol. The van der Waals surface area contributed by atoms with Crippen molar-refractivity contribution in [3.8, 4) is 11.5 Å². The van der Waals surface area contributed by atoms with Gasteiger partial charge in [-0.2, -0.15) is 0 Å². The Morgan fingerprint density at radius 2 is 1.17 bits per heavy atom. The van der Waals surface area contributed by atoms with Gasteiger partial charge in [-0.1, -0.05) is 24.3 Å². The van der Waals surface area contributed by atoms with Crippen LogP contribution in [0.15, 0.2) is 54.3 Å². The van der Waals surface area contributed by atoms with Crippen LogP contribution in [0, 0.1) is 0 Å². The second-order valence-corrected chi connectivity index (χ2v) is 5.19. The van der Waals surface area contributed by atoms with E-state index in [9.17, 15) is 30.0 Å². The van der Waals surface area contributed by atoms with E-state index in [4.69, 9.17) is 0 Å². The van der Waals surface area contributed by atoms with Gasteiger partial charge in [0.05, 0.1) is 5.57 Å². The number of ketones is 2. The van der Waals surface area contributed by atoms with Crippen LogP contribution in [0.4, 0.5) is 0 Å². The molecule has 0 amide bonds. The summed E-state index contributed by atoms with van der Waals surface area (Å²) in [6, 6.07) is 10.2. The lowest BCUT2D eigenvalue weighted by atomic mass is 9.87. The molecule has 0 heterocycles. The van der Waals surface area contributed by atoms with Gasteiger partial charge in [0.25, 0.3) is 0 Å². The van der Waals surface area contributed by atoms with Crippen LogP contribution in [-0.4, -0.2) is 32.0 Å². The number of phenolic OH excluding ortho intramolecular Hbond substituents is 2. The van der Waals surface area contributed by atoms with Crippen LogP contribution >= 0.6 is 0 Å². The van der Waals surface area contributed by atoms with Crippen molar-refractivity contribution in [3.05, 3.63) is 65.4 Å². The van der Waals surface area contributed by atoms with Crippen molar-refractivity contribution in [2.75, 3.05) is 0 Å². The maximum Gasteiger partial charge on any atom is 0.242 e. The van der Waals surface area contributed by atoms with Crippen molar-refractivity contribution < 1.29 is 30.0 Å². The first kappa shape index (κ1) is 14.8. The van der Waals surface area contributed by atoms with Gasteiger partial charge in [0.1, 0.15) is 11.5 Å². The molecule has 1 aliphatic rings. The molecule has 1 aliphatic carbocycles. The number of carbonyl (C=O) groups excluding carboxylic acids is 2. The van der Waals surface area contributed by atoms with Gasteiger partial charge in [-0.25, -0.2) is 0 Å². The molecular formula is C17H12O6. The second-order valence-electron chi connectivity index (χ2n) is 5.19. The molecule has 0 bridgehead atoms. The van der Waals surface area contributed by atoms with Crippen LogP contribution in [0.1, 0.15) is 11.1 Å². The number of aliphatic hydroxyl groups is 2. The lowest BCUT2D eigenvalue weighted by Crippen LogP contribution is -2.39. The van der Waals surface area contributed by atoms with Gasteiger partial charge in [0, 0.05) is 0 Å². The molecule has 4 N–H and O–H groups in total. The minimum atomic E-state index is -2.54. The molecule has 2 aromatic rings. The molecule has 6 heteroatoms. The standard InChI is InChI=1S/C17H12O6/c18-11-5-1-9(2-6-11)13-14(20)16(22)17(23,15(13)21)10-3-7-12(19)8-4-10/h1-8,18-20,23H. The maximum atomic E-state index is 12.6. The van der Waals surface area contributed by atoms with Crippen molar-refractivity contribution in [1.82, 2.24) is 0 Å². The van der Waals surface area contributed by atoms with Crippen LogP contribution in [0.2, 0.25) is 0 Å². The molecule has 0 spiro atoms. The molecule has 0 fully saturated rings. The largest absolute Gasteiger partial charge is 0.508 e. The fourth-order valence-electron chi connectivity index (χ4n) is 2.54. The maximum absolute atomic E-state index is 12.6. The Morgan fingerprint density at radius 3 is 1.70 bits per heavy atom. The van der Waals surface area contributed by atoms with E-state index >= 15 is 0 Å². The van der Waals surface area contributed by atoms with Crippen molar-refractivity contribution >= 4 is 17.1 Å². The van der Waals surface area contributed by atoms with Gasteiger partial charge in [0.15, 0.2) is 5.76 Å². The van der Waals surface area contributed by atoms with E-state index in [1.165, 1.54) is 48.5 Å². The zero-order chi connectivity index (χ0) is 16.8. The van der Waals surface area contributed by atoms with Crippen molar-refractivity contribution in [2.24, 2.45) is 0 Å². The number of rotatable bonds is 2. The lowest BCUT2D eigenvalue weighted by molar-refractivity contribution is -0.145. The number of phenols is 2. The summed E-state index contributed by atoms with van der Waals surface area (Å²) in [5, 5.41) is 39.2. The molecular weight excluding hydrogens is 300 g/mol. The van der Waals surface area contributed by atoms with Crippen LogP contribution in [0.5, 0.6) is 11.5 Å². The second kappa shape index (κ2) is 4.96. The zero-order valence-electron chi connectivity index (χ0n) is 11.7. The molecule has 0 saturated heterocycles. The monoisotopic (exact) mass is 312 g/mol. The Morgan fingerprint density at radius 1 is 0.696 bits per heavy atom. The predicted molar refractivity (Wildman–Crippen MR) is 79.7 cm³/mol. The third-order valence-corrected chi connectivity index (χ3v) is 3.78. The molecule has 6 nitrogen and oxygen atoms in total. The number of aromatic hydroxyl groups is 2. The molecule has 3 rings (SSSR count). The van der Waals surface area contributed by atoms with Crippen LogP contribution in [0.25, 0.3) is 5.57 Å². The van der Waals surface area contributed by atoms with Crippen LogP contribution < -0.4 is 0 Å². The molecule has 0 aliphatic heterocycles. The number of carbonyl (C=O) groups is 2. The molecule has 23 heavy (non-hydrogen) atoms. The molecule has 2 aromatic carbocycles. The van der Waals surface area contributed by atoms with Gasteiger partial charge < -0.3 is 20.4 Å². The highest BCUT2D eigenvalue weighted by Crippen LogP contribution is 2.40. The first-order valence-corrected chi connectivity index (χ1v) is 6.70. The van der Waals surface area contributed by atoms with Crippen LogP contribution in [0.3, 0.4) is 0 Å². The topological polar surface area (TPSA) is 115 Å². The molecule has 0 radical (unpaired) electrons. The molecule has 0 aromatic heterocycles. The Bertz CT molecular complexity index is 832. The van der Waals surface area contributed by atoms with Gasteiger partial charge in [0.2, 0.25) is 17.2 Å². The summed E-state index contributed by atoms with van der Waals surface area (Å²) in [7, 11) is 0. The molecule has 1 unspecified atom stereocenters. The number of benzene rings is 2. The van der Waals surface area contributed by atoms with E-state index in [1.54, 1.807) is 0 Å². The summed E-state index contributed by atoms with van der Waals surface area (Å²) < 4.78 is 0. The summed E-state index contributed by atoms with van der Waals surface area (Å²) in [6.45, 7) is 0. The van der Waals surface area contributed by atoms with E-state index in [1.807, 2.05) is 0 Å². The number of Topliss-reactive ketones (excluding diaryl/α,β-unsaturated/α-hetero) is 2. The third kappa shape index (κ3) is 2.08. The Labute approximate surface area is 130 Å². The number of hydrogen-bond acceptors (Lipinski definition) is 6. The van der Waals surface area contributed by atoms with E-state index in [0.29, 0.717) is 0 Å². The predicted octanol–water partition coefficient (Wildman–Crippen LogP) is 1.41. The van der Waals surface area contributed by atoms with Crippen molar-refractivity contribution in [1.29, 1.82) is 0 Å². The highest BCUT2D eigenvalue weighted by atomic mass is 16.3. The smallest absolute Gasteiger partial charge is 0.242 e. The van der Waals surface area contributed by atoms with Gasteiger partial charge in [-0.3, -0.25) is 9.59 Å². The summed E-state index contributed by atoms with van der Waals surface area (Å²) in [5.41, 5.74) is -2.70. The van der Waals surface area contributed by atoms with Gasteiger partial charge in [-0.05, 0) is 35.4 Å². The Kier molecular flexibility index (Phi) is 3.19. The van der Waals surface area contributed by atoms with E-state index in [0.717, 1.165) is 0 Å². The fraction of sp³-hybridized carbons (Fsp3) is 0.0588. The lowest BCUT2D eigenvalue weighted by Gasteiger charge is -2.20. The third-order valence-electron chi connectivity index (χ3n) is 3.78. The minimum absolute atomic E-state index is 0.0422. The SMILES string of the molecule is O=C1C(O)=C(c2ccc(O)cc2)C(=O)C1(O)c1ccc(O)cc1. The van der Waals surface area contributed by atoms with E-state index in [-0.39, 0.29) is 28.2 Å². The quantitative estimate of drug-likeness (QED) is 0.623. The first-order valence-electron chi connectivity index (χ1n) is 6.70. The summed E-state index contributed by atoms with van der Waals surface area (Å²) >= 11 is 0. The Balaban J connectivity index is 2.12. The van der Waals surface area contributed by atoms with Crippen molar-refractivity contribution in [2.45, 2.75) is 5.60 Å². The normalized spacial score (nSPS) is 21.1. The minimum Gasteiger partial charge on any atom is -0.508 e. The average Bonchev–Trinajstić information content (AvgIpc) is 2.71. The molecule has 116 valence electrons.